The van der Waals surface area contributed by atoms with Crippen LogP contribution in [-0.2, 0) is 14.3 Å². The van der Waals surface area contributed by atoms with Crippen LogP contribution < -0.4 is 16.4 Å². The van der Waals surface area contributed by atoms with Crippen molar-refractivity contribution in [3.63, 3.8) is 0 Å². The minimum absolute atomic E-state index is 0.0115. The highest BCUT2D eigenvalue weighted by molar-refractivity contribution is 5.76. The van der Waals surface area contributed by atoms with Crippen LogP contribution in [0.15, 0.2) is 0 Å². The number of rotatable bonds is 7. The summed E-state index contributed by atoms with van der Waals surface area (Å²) in [7, 11) is 1.79. The number of nitrogens with one attached hydrogen (secondary N) is 2. The number of amides is 1. The van der Waals surface area contributed by atoms with Crippen LogP contribution in [0.2, 0.25) is 0 Å². The van der Waals surface area contributed by atoms with Crippen molar-refractivity contribution in [2.24, 2.45) is 5.73 Å². The second kappa shape index (κ2) is 7.51. The lowest BCUT2D eigenvalue weighted by Crippen LogP contribution is -2.36. The molecular weight excluding hydrogens is 174 g/mol. The Hall–Kier alpha value is -1.14. The van der Waals surface area contributed by atoms with Gasteiger partial charge in [-0.05, 0) is 7.05 Å². The maximum atomic E-state index is 11.0. The Morgan fingerprint density at radius 2 is 2.31 bits per heavy atom. The fourth-order valence-electron chi connectivity index (χ4n) is 0.701. The largest absolute Gasteiger partial charge is 0.448 e. The Morgan fingerprint density at radius 1 is 1.62 bits per heavy atom. The fourth-order valence-corrected chi connectivity index (χ4v) is 0.701. The topological polar surface area (TPSA) is 93.4 Å². The summed E-state index contributed by atoms with van der Waals surface area (Å²) in [6, 6.07) is 0. The van der Waals surface area contributed by atoms with Crippen molar-refractivity contribution < 1.29 is 14.3 Å². The smallest absolute Gasteiger partial charge is 0.294 e. The van der Waals surface area contributed by atoms with Gasteiger partial charge in [0.15, 0.2) is 6.23 Å². The summed E-state index contributed by atoms with van der Waals surface area (Å²) in [6.45, 7) is 1.45. The molecule has 0 saturated heterocycles. The van der Waals surface area contributed by atoms with Gasteiger partial charge in [0.1, 0.15) is 0 Å². The molecule has 0 heterocycles. The third-order valence-corrected chi connectivity index (χ3v) is 1.31. The standard InChI is InChI=1S/C7H15N3O3/c1-9-2-3-10-7(12)4-6(8)13-5-11/h5-6,9H,2-4,8H2,1H3,(H,10,12). The molecule has 0 fully saturated rings. The average Bonchev–Trinajstić information content (AvgIpc) is 2.05. The van der Waals surface area contributed by atoms with Crippen LogP contribution in [0, 0.1) is 0 Å². The predicted molar refractivity (Wildman–Crippen MR) is 46.7 cm³/mol. The normalized spacial score (nSPS) is 11.8. The molecule has 0 aliphatic heterocycles. The maximum Gasteiger partial charge on any atom is 0.294 e. The summed E-state index contributed by atoms with van der Waals surface area (Å²) < 4.78 is 4.34. The van der Waals surface area contributed by atoms with E-state index in [2.05, 4.69) is 15.4 Å². The second-order valence-corrected chi connectivity index (χ2v) is 2.43. The van der Waals surface area contributed by atoms with Gasteiger partial charge >= 0.3 is 0 Å². The fraction of sp³-hybridized carbons (Fsp3) is 0.714. The molecule has 1 atom stereocenters. The number of carbonyl (C=O) groups is 2. The molecular formula is C7H15N3O3. The van der Waals surface area contributed by atoms with E-state index in [1.54, 1.807) is 7.05 Å². The minimum atomic E-state index is -0.855. The first-order valence-corrected chi connectivity index (χ1v) is 3.96. The monoisotopic (exact) mass is 189 g/mol. The Bertz CT molecular complexity index is 163. The lowest BCUT2D eigenvalue weighted by atomic mass is 10.3. The molecule has 0 bridgehead atoms. The molecule has 0 aliphatic carbocycles. The SMILES string of the molecule is CNCCNC(=O)CC(N)OC=O. The summed E-state index contributed by atoms with van der Waals surface area (Å²) in [5.74, 6) is -0.232. The molecule has 6 heteroatoms. The van der Waals surface area contributed by atoms with E-state index in [0.717, 1.165) is 0 Å². The maximum absolute atomic E-state index is 11.0. The van der Waals surface area contributed by atoms with Crippen molar-refractivity contribution in [3.05, 3.63) is 0 Å². The van der Waals surface area contributed by atoms with Crippen LogP contribution in [0.3, 0.4) is 0 Å². The highest BCUT2D eigenvalue weighted by Gasteiger charge is 2.08. The van der Waals surface area contributed by atoms with Crippen molar-refractivity contribution in [1.29, 1.82) is 0 Å². The van der Waals surface area contributed by atoms with Gasteiger partial charge in [-0.25, -0.2) is 0 Å². The van der Waals surface area contributed by atoms with Crippen LogP contribution in [0.5, 0.6) is 0 Å². The van der Waals surface area contributed by atoms with Gasteiger partial charge in [-0.15, -0.1) is 0 Å². The summed E-state index contributed by atoms with van der Waals surface area (Å²) in [5.41, 5.74) is 5.26. The Labute approximate surface area is 76.8 Å². The molecule has 1 unspecified atom stereocenters. The van der Waals surface area contributed by atoms with E-state index in [-0.39, 0.29) is 18.8 Å². The zero-order chi connectivity index (χ0) is 10.1. The second-order valence-electron chi connectivity index (χ2n) is 2.43. The van der Waals surface area contributed by atoms with Gasteiger partial charge in [-0.2, -0.15) is 0 Å². The molecule has 76 valence electrons. The summed E-state index contributed by atoms with van der Waals surface area (Å²) in [4.78, 5) is 20.8. The van der Waals surface area contributed by atoms with E-state index in [1.165, 1.54) is 0 Å². The average molecular weight is 189 g/mol. The number of likely N-dealkylation sites (N-methyl/N-ethyl adjacent to an activating group) is 1. The zero-order valence-corrected chi connectivity index (χ0v) is 7.58. The van der Waals surface area contributed by atoms with Crippen molar-refractivity contribution in [3.8, 4) is 0 Å². The van der Waals surface area contributed by atoms with Crippen LogP contribution in [0.1, 0.15) is 6.42 Å². The highest BCUT2D eigenvalue weighted by atomic mass is 16.5. The van der Waals surface area contributed by atoms with Gasteiger partial charge in [-0.1, -0.05) is 0 Å². The van der Waals surface area contributed by atoms with E-state index in [0.29, 0.717) is 13.1 Å². The third kappa shape index (κ3) is 7.23. The summed E-state index contributed by atoms with van der Waals surface area (Å²) >= 11 is 0. The number of hydrogen-bond acceptors (Lipinski definition) is 5. The predicted octanol–water partition coefficient (Wildman–Crippen LogP) is -1.83. The lowest BCUT2D eigenvalue weighted by molar-refractivity contribution is -0.135. The van der Waals surface area contributed by atoms with Crippen molar-refractivity contribution in [2.45, 2.75) is 12.6 Å². The number of carbonyl (C=O) groups excluding carboxylic acids is 2. The first kappa shape index (κ1) is 11.9. The molecule has 13 heavy (non-hydrogen) atoms. The van der Waals surface area contributed by atoms with Gasteiger partial charge in [0.05, 0.1) is 6.42 Å². The molecule has 0 radical (unpaired) electrons. The summed E-state index contributed by atoms with van der Waals surface area (Å²) in [5, 5.41) is 5.46. The van der Waals surface area contributed by atoms with Crippen molar-refractivity contribution >= 4 is 12.4 Å². The first-order chi connectivity index (χ1) is 6.20. The van der Waals surface area contributed by atoms with Crippen LogP contribution in [-0.4, -0.2) is 38.7 Å². The quantitative estimate of drug-likeness (QED) is 0.249. The van der Waals surface area contributed by atoms with Crippen LogP contribution in [0.25, 0.3) is 0 Å². The number of ether oxygens (including phenoxy) is 1. The van der Waals surface area contributed by atoms with Crippen LogP contribution in [0.4, 0.5) is 0 Å². The molecule has 0 rings (SSSR count). The molecule has 0 aliphatic rings. The molecule has 0 spiro atoms. The molecule has 0 aromatic rings. The lowest BCUT2D eigenvalue weighted by Gasteiger charge is -2.09. The van der Waals surface area contributed by atoms with E-state index in [9.17, 15) is 9.59 Å². The van der Waals surface area contributed by atoms with Gasteiger partial charge in [-0.3, -0.25) is 15.3 Å². The van der Waals surface area contributed by atoms with E-state index < -0.39 is 6.23 Å². The van der Waals surface area contributed by atoms with E-state index >= 15 is 0 Å². The zero-order valence-electron chi connectivity index (χ0n) is 7.58. The molecule has 0 saturated carbocycles. The molecule has 4 N–H and O–H groups in total. The first-order valence-electron chi connectivity index (χ1n) is 3.96. The molecule has 6 nitrogen and oxygen atoms in total. The van der Waals surface area contributed by atoms with E-state index in [1.807, 2.05) is 0 Å². The molecule has 0 aromatic carbocycles. The van der Waals surface area contributed by atoms with Crippen molar-refractivity contribution in [1.82, 2.24) is 10.6 Å². The number of nitrogens with two attached hydrogens (primary N) is 1. The van der Waals surface area contributed by atoms with Crippen molar-refractivity contribution in [2.75, 3.05) is 20.1 Å². The Morgan fingerprint density at radius 3 is 2.85 bits per heavy atom. The minimum Gasteiger partial charge on any atom is -0.448 e. The summed E-state index contributed by atoms with van der Waals surface area (Å²) in [6.07, 6.45) is -0.866. The van der Waals surface area contributed by atoms with E-state index in [4.69, 9.17) is 5.73 Å². The van der Waals surface area contributed by atoms with Gasteiger partial charge in [0.2, 0.25) is 5.91 Å². The Kier molecular flexibility index (Phi) is 6.85. The third-order valence-electron chi connectivity index (χ3n) is 1.31. The van der Waals surface area contributed by atoms with Gasteiger partial charge in [0.25, 0.3) is 6.47 Å². The van der Waals surface area contributed by atoms with Crippen LogP contribution >= 0.6 is 0 Å². The van der Waals surface area contributed by atoms with Gasteiger partial charge in [0, 0.05) is 13.1 Å². The Balaban J connectivity index is 3.43. The molecule has 1 amide bonds. The molecule has 0 aromatic heterocycles. The highest BCUT2D eigenvalue weighted by Crippen LogP contribution is 1.87. The van der Waals surface area contributed by atoms with Gasteiger partial charge < -0.3 is 15.4 Å². The number of hydrogen-bond donors (Lipinski definition) is 3.